The summed E-state index contributed by atoms with van der Waals surface area (Å²) in [5.41, 5.74) is 2.76. The molecule has 0 amide bonds. The monoisotopic (exact) mass is 249 g/mol. The number of aromatic nitrogens is 1. The smallest absolute Gasteiger partial charge is 0.0468 e. The maximum Gasteiger partial charge on any atom is 0.0468 e. The molecular formula is C12H12BrN. The maximum atomic E-state index is 3.49. The number of nitrogens with one attached hydrogen (secondary N) is 1. The predicted molar refractivity (Wildman–Crippen MR) is 62.6 cm³/mol. The average molecular weight is 250 g/mol. The largest absolute Gasteiger partial charge is 0.361 e. The minimum absolute atomic E-state index is 0.810. The van der Waals surface area contributed by atoms with Crippen molar-refractivity contribution >= 4 is 26.8 Å². The fourth-order valence-electron chi connectivity index (χ4n) is 2.18. The van der Waals surface area contributed by atoms with E-state index in [2.05, 4.69) is 45.3 Å². The molecule has 2 heteroatoms. The Morgan fingerprint density at radius 2 is 2.14 bits per heavy atom. The van der Waals surface area contributed by atoms with E-state index in [1.165, 1.54) is 35.7 Å². The van der Waals surface area contributed by atoms with E-state index < -0.39 is 0 Å². The van der Waals surface area contributed by atoms with Crippen LogP contribution in [0.15, 0.2) is 28.9 Å². The van der Waals surface area contributed by atoms with Crippen molar-refractivity contribution in [3.8, 4) is 0 Å². The van der Waals surface area contributed by atoms with E-state index in [0.29, 0.717) is 0 Å². The maximum absolute atomic E-state index is 3.49. The summed E-state index contributed by atoms with van der Waals surface area (Å²) in [5.74, 6) is 0.810. The molecule has 1 aliphatic carbocycles. The van der Waals surface area contributed by atoms with Crippen LogP contribution >= 0.6 is 15.9 Å². The third kappa shape index (κ3) is 1.21. The minimum atomic E-state index is 0.810. The molecule has 1 heterocycles. The predicted octanol–water partition coefficient (Wildman–Crippen LogP) is 4.20. The van der Waals surface area contributed by atoms with Crippen LogP contribution in [0.5, 0.6) is 0 Å². The van der Waals surface area contributed by atoms with Gasteiger partial charge in [0.2, 0.25) is 0 Å². The highest BCUT2D eigenvalue weighted by Gasteiger charge is 2.21. The molecule has 0 bridgehead atoms. The van der Waals surface area contributed by atoms with Crippen molar-refractivity contribution in [2.45, 2.75) is 25.2 Å². The highest BCUT2D eigenvalue weighted by atomic mass is 79.9. The molecule has 72 valence electrons. The van der Waals surface area contributed by atoms with Gasteiger partial charge in [-0.2, -0.15) is 0 Å². The molecule has 1 N–H and O–H groups in total. The Kier molecular flexibility index (Phi) is 1.91. The lowest BCUT2D eigenvalue weighted by Gasteiger charge is -2.24. The molecule has 0 radical (unpaired) electrons. The van der Waals surface area contributed by atoms with Gasteiger partial charge >= 0.3 is 0 Å². The molecule has 0 spiro atoms. The molecule has 1 aromatic heterocycles. The number of benzene rings is 1. The molecule has 0 saturated heterocycles. The SMILES string of the molecule is Brc1ccc2c(C3CCC3)c[nH]c2c1. The Balaban J connectivity index is 2.16. The quantitative estimate of drug-likeness (QED) is 0.780. The highest BCUT2D eigenvalue weighted by molar-refractivity contribution is 9.10. The number of hydrogen-bond acceptors (Lipinski definition) is 0. The molecule has 3 rings (SSSR count). The Hall–Kier alpha value is -0.760. The summed E-state index contributed by atoms with van der Waals surface area (Å²) in [7, 11) is 0. The molecule has 2 aromatic rings. The van der Waals surface area contributed by atoms with Crippen molar-refractivity contribution in [3.05, 3.63) is 34.4 Å². The zero-order chi connectivity index (χ0) is 9.54. The molecule has 1 aromatic carbocycles. The van der Waals surface area contributed by atoms with Crippen LogP contribution in [0.1, 0.15) is 30.7 Å². The van der Waals surface area contributed by atoms with E-state index in [4.69, 9.17) is 0 Å². The third-order valence-electron chi connectivity index (χ3n) is 3.22. The number of fused-ring (bicyclic) bond motifs is 1. The summed E-state index contributed by atoms with van der Waals surface area (Å²) >= 11 is 3.49. The van der Waals surface area contributed by atoms with Crippen molar-refractivity contribution in [2.75, 3.05) is 0 Å². The summed E-state index contributed by atoms with van der Waals surface area (Å²) < 4.78 is 1.15. The second-order valence-corrected chi connectivity index (χ2v) is 4.98. The molecule has 14 heavy (non-hydrogen) atoms. The summed E-state index contributed by atoms with van der Waals surface area (Å²) in [6.07, 6.45) is 6.31. The number of halogens is 1. The first-order valence-electron chi connectivity index (χ1n) is 5.11. The van der Waals surface area contributed by atoms with Gasteiger partial charge in [-0.25, -0.2) is 0 Å². The molecule has 1 nitrogen and oxygen atoms in total. The summed E-state index contributed by atoms with van der Waals surface area (Å²) in [6, 6.07) is 6.49. The second-order valence-electron chi connectivity index (χ2n) is 4.06. The zero-order valence-electron chi connectivity index (χ0n) is 7.89. The average Bonchev–Trinajstić information content (AvgIpc) is 2.45. The standard InChI is InChI=1S/C12H12BrN/c13-9-4-5-10-11(8-2-1-3-8)7-14-12(10)6-9/h4-8,14H,1-3H2. The van der Waals surface area contributed by atoms with Crippen molar-refractivity contribution in [1.82, 2.24) is 4.98 Å². The van der Waals surface area contributed by atoms with Gasteiger partial charge in [-0.05, 0) is 36.5 Å². The van der Waals surface area contributed by atoms with Crippen molar-refractivity contribution in [3.63, 3.8) is 0 Å². The van der Waals surface area contributed by atoms with Gasteiger partial charge in [-0.1, -0.05) is 28.4 Å². The Labute approximate surface area is 91.6 Å². The van der Waals surface area contributed by atoms with Crippen LogP contribution in [0.25, 0.3) is 10.9 Å². The molecule has 0 aliphatic heterocycles. The zero-order valence-corrected chi connectivity index (χ0v) is 9.47. The van der Waals surface area contributed by atoms with Crippen LogP contribution in [0.4, 0.5) is 0 Å². The van der Waals surface area contributed by atoms with Gasteiger partial charge in [0.25, 0.3) is 0 Å². The van der Waals surface area contributed by atoms with Gasteiger partial charge in [0.1, 0.15) is 0 Å². The topological polar surface area (TPSA) is 15.8 Å². The first kappa shape index (κ1) is 8.54. The summed E-state index contributed by atoms with van der Waals surface area (Å²) in [5, 5.41) is 1.40. The van der Waals surface area contributed by atoms with E-state index in [9.17, 15) is 0 Å². The van der Waals surface area contributed by atoms with E-state index >= 15 is 0 Å². The Bertz CT molecular complexity index is 468. The van der Waals surface area contributed by atoms with Gasteiger partial charge in [0.05, 0.1) is 0 Å². The molecule has 0 unspecified atom stereocenters. The minimum Gasteiger partial charge on any atom is -0.361 e. The van der Waals surface area contributed by atoms with Crippen LogP contribution in [-0.4, -0.2) is 4.98 Å². The Morgan fingerprint density at radius 1 is 1.29 bits per heavy atom. The van der Waals surface area contributed by atoms with Crippen LogP contribution in [0.3, 0.4) is 0 Å². The molecule has 1 aliphatic rings. The van der Waals surface area contributed by atoms with Gasteiger partial charge in [-0.15, -0.1) is 0 Å². The first-order chi connectivity index (χ1) is 6.84. The van der Waals surface area contributed by atoms with Crippen LogP contribution in [0.2, 0.25) is 0 Å². The van der Waals surface area contributed by atoms with Crippen LogP contribution < -0.4 is 0 Å². The molecular weight excluding hydrogens is 238 g/mol. The number of H-pyrrole nitrogens is 1. The highest BCUT2D eigenvalue weighted by Crippen LogP contribution is 2.39. The van der Waals surface area contributed by atoms with Crippen molar-refractivity contribution in [1.29, 1.82) is 0 Å². The lowest BCUT2D eigenvalue weighted by Crippen LogP contribution is -2.07. The molecule has 0 atom stereocenters. The number of aromatic amines is 1. The third-order valence-corrected chi connectivity index (χ3v) is 3.71. The fraction of sp³-hybridized carbons (Fsp3) is 0.333. The molecule has 1 saturated carbocycles. The summed E-state index contributed by atoms with van der Waals surface area (Å²) in [6.45, 7) is 0. The fourth-order valence-corrected chi connectivity index (χ4v) is 2.54. The van der Waals surface area contributed by atoms with Gasteiger partial charge in [0.15, 0.2) is 0 Å². The summed E-state index contributed by atoms with van der Waals surface area (Å²) in [4.78, 5) is 3.35. The second kappa shape index (κ2) is 3.13. The number of hydrogen-bond donors (Lipinski definition) is 1. The van der Waals surface area contributed by atoms with Gasteiger partial charge < -0.3 is 4.98 Å². The van der Waals surface area contributed by atoms with E-state index in [-0.39, 0.29) is 0 Å². The lowest BCUT2D eigenvalue weighted by atomic mass is 9.80. The van der Waals surface area contributed by atoms with Crippen LogP contribution in [0, 0.1) is 0 Å². The number of rotatable bonds is 1. The van der Waals surface area contributed by atoms with Gasteiger partial charge in [0, 0.05) is 21.6 Å². The van der Waals surface area contributed by atoms with Gasteiger partial charge in [-0.3, -0.25) is 0 Å². The molecule has 1 fully saturated rings. The van der Waals surface area contributed by atoms with Crippen molar-refractivity contribution in [2.24, 2.45) is 0 Å². The van der Waals surface area contributed by atoms with E-state index in [1.807, 2.05) is 0 Å². The van der Waals surface area contributed by atoms with E-state index in [0.717, 1.165) is 10.4 Å². The van der Waals surface area contributed by atoms with Crippen LogP contribution in [-0.2, 0) is 0 Å². The van der Waals surface area contributed by atoms with Crippen molar-refractivity contribution < 1.29 is 0 Å². The van der Waals surface area contributed by atoms with E-state index in [1.54, 1.807) is 0 Å². The first-order valence-corrected chi connectivity index (χ1v) is 5.90. The Morgan fingerprint density at radius 3 is 2.86 bits per heavy atom. The lowest BCUT2D eigenvalue weighted by molar-refractivity contribution is 0.422. The normalized spacial score (nSPS) is 17.2.